The molecule has 0 bridgehead atoms. The summed E-state index contributed by atoms with van der Waals surface area (Å²) in [4.78, 5) is 4.17. The van der Waals surface area contributed by atoms with Crippen LogP contribution in [0.25, 0.3) is 27.8 Å². The normalized spacial score (nSPS) is 11.8. The van der Waals surface area contributed by atoms with Gasteiger partial charge in [0.25, 0.3) is 0 Å². The number of rotatable bonds is 4. The molecule has 3 aromatic carbocycles. The van der Waals surface area contributed by atoms with Gasteiger partial charge in [-0.2, -0.15) is 17.9 Å². The van der Waals surface area contributed by atoms with Crippen molar-refractivity contribution in [1.82, 2.24) is 19.8 Å². The first-order valence-corrected chi connectivity index (χ1v) is 10.8. The van der Waals surface area contributed by atoms with Crippen molar-refractivity contribution in [1.29, 1.82) is 0 Å². The average molecular weight is 452 g/mol. The maximum Gasteiger partial charge on any atom is 0.340 e. The molecule has 0 saturated heterocycles. The van der Waals surface area contributed by atoms with Gasteiger partial charge >= 0.3 is 10.1 Å². The molecule has 0 saturated carbocycles. The maximum absolute atomic E-state index is 14.4. The molecule has 2 heterocycles. The standard InChI is InChI=1S/C22H14F2N4O3S/c1-13-6-9-15(10-7-13)32(29,30)31-22-17-12-14(23)8-11-19(17)28-21(25-22)20(26-27-28)16-4-2-3-5-18(16)24/h2-12H,1H3. The van der Waals surface area contributed by atoms with E-state index in [2.05, 4.69) is 15.3 Å². The Hall–Kier alpha value is -3.92. The van der Waals surface area contributed by atoms with Crippen LogP contribution in [0.5, 0.6) is 5.88 Å². The van der Waals surface area contributed by atoms with Crippen LogP contribution in [-0.4, -0.2) is 28.2 Å². The van der Waals surface area contributed by atoms with Gasteiger partial charge in [0.2, 0.25) is 5.88 Å². The van der Waals surface area contributed by atoms with Crippen LogP contribution in [0, 0.1) is 18.6 Å². The summed E-state index contributed by atoms with van der Waals surface area (Å²) < 4.78 is 60.8. The van der Waals surface area contributed by atoms with E-state index in [9.17, 15) is 17.2 Å². The lowest BCUT2D eigenvalue weighted by Crippen LogP contribution is -2.12. The Morgan fingerprint density at radius 2 is 1.72 bits per heavy atom. The Kier molecular flexibility index (Phi) is 4.59. The lowest BCUT2D eigenvalue weighted by Gasteiger charge is -2.10. The highest BCUT2D eigenvalue weighted by Gasteiger charge is 2.23. The van der Waals surface area contributed by atoms with Crippen molar-refractivity contribution in [2.75, 3.05) is 0 Å². The number of aryl methyl sites for hydroxylation is 1. The molecule has 0 N–H and O–H groups in total. The first kappa shape index (κ1) is 20.0. The van der Waals surface area contributed by atoms with Crippen LogP contribution in [0.3, 0.4) is 0 Å². The van der Waals surface area contributed by atoms with E-state index in [1.165, 1.54) is 47.0 Å². The number of nitrogens with zero attached hydrogens (tertiary/aromatic N) is 4. The highest BCUT2D eigenvalue weighted by Crippen LogP contribution is 2.32. The van der Waals surface area contributed by atoms with Gasteiger partial charge in [0, 0.05) is 5.56 Å². The van der Waals surface area contributed by atoms with Crippen LogP contribution in [0.15, 0.2) is 71.6 Å². The summed E-state index contributed by atoms with van der Waals surface area (Å²) in [5.74, 6) is -1.54. The third-order valence-corrected chi connectivity index (χ3v) is 6.13. The van der Waals surface area contributed by atoms with Crippen molar-refractivity contribution < 1.29 is 21.4 Å². The van der Waals surface area contributed by atoms with Gasteiger partial charge in [-0.25, -0.2) is 8.78 Å². The first-order valence-electron chi connectivity index (χ1n) is 9.44. The van der Waals surface area contributed by atoms with Crippen LogP contribution in [-0.2, 0) is 10.1 Å². The van der Waals surface area contributed by atoms with Crippen molar-refractivity contribution in [3.63, 3.8) is 0 Å². The molecule has 0 radical (unpaired) electrons. The minimum atomic E-state index is -4.28. The van der Waals surface area contributed by atoms with Crippen LogP contribution < -0.4 is 4.18 Å². The molecule has 7 nitrogen and oxygen atoms in total. The summed E-state index contributed by atoms with van der Waals surface area (Å²) >= 11 is 0. The summed E-state index contributed by atoms with van der Waals surface area (Å²) in [7, 11) is -4.28. The fourth-order valence-electron chi connectivity index (χ4n) is 3.31. The van der Waals surface area contributed by atoms with Crippen LogP contribution in [0.2, 0.25) is 0 Å². The van der Waals surface area contributed by atoms with Crippen LogP contribution in [0.1, 0.15) is 5.56 Å². The molecular formula is C22H14F2N4O3S. The molecule has 32 heavy (non-hydrogen) atoms. The SMILES string of the molecule is Cc1ccc(S(=O)(=O)Oc2nc3c(-c4ccccc4F)nnn3c3ccc(F)cc23)cc1. The molecule has 0 aliphatic carbocycles. The molecule has 0 spiro atoms. The zero-order valence-corrected chi connectivity index (χ0v) is 17.3. The van der Waals surface area contributed by atoms with E-state index in [1.807, 2.05) is 6.92 Å². The molecule has 5 rings (SSSR count). The Balaban J connectivity index is 1.75. The van der Waals surface area contributed by atoms with Crippen molar-refractivity contribution in [2.45, 2.75) is 11.8 Å². The second-order valence-electron chi connectivity index (χ2n) is 7.08. The fourth-order valence-corrected chi connectivity index (χ4v) is 4.21. The van der Waals surface area contributed by atoms with Crippen molar-refractivity contribution >= 4 is 26.7 Å². The number of aromatic nitrogens is 4. The maximum atomic E-state index is 14.4. The third-order valence-electron chi connectivity index (χ3n) is 4.90. The van der Waals surface area contributed by atoms with Crippen LogP contribution >= 0.6 is 0 Å². The lowest BCUT2D eigenvalue weighted by atomic mass is 10.1. The van der Waals surface area contributed by atoms with E-state index >= 15 is 0 Å². The second-order valence-corrected chi connectivity index (χ2v) is 8.63. The van der Waals surface area contributed by atoms with Gasteiger partial charge in [-0.15, -0.1) is 5.10 Å². The van der Waals surface area contributed by atoms with Gasteiger partial charge in [-0.05, 0) is 49.4 Å². The molecule has 160 valence electrons. The molecule has 0 atom stereocenters. The largest absolute Gasteiger partial charge is 0.357 e. The first-order chi connectivity index (χ1) is 15.3. The van der Waals surface area contributed by atoms with Crippen LogP contribution in [0.4, 0.5) is 8.78 Å². The third kappa shape index (κ3) is 3.34. The van der Waals surface area contributed by atoms with E-state index in [-0.39, 0.29) is 33.1 Å². The van der Waals surface area contributed by atoms with E-state index < -0.39 is 21.8 Å². The smallest absolute Gasteiger partial charge is 0.340 e. The highest BCUT2D eigenvalue weighted by atomic mass is 32.2. The number of fused-ring (bicyclic) bond motifs is 3. The highest BCUT2D eigenvalue weighted by molar-refractivity contribution is 7.87. The zero-order chi connectivity index (χ0) is 22.5. The Morgan fingerprint density at radius 3 is 2.47 bits per heavy atom. The topological polar surface area (TPSA) is 86.5 Å². The van der Waals surface area contributed by atoms with Gasteiger partial charge in [-0.1, -0.05) is 35.0 Å². The van der Waals surface area contributed by atoms with Crippen molar-refractivity contribution in [3.8, 4) is 17.1 Å². The number of hydrogen-bond acceptors (Lipinski definition) is 6. The van der Waals surface area contributed by atoms with Gasteiger partial charge < -0.3 is 4.18 Å². The predicted molar refractivity (Wildman–Crippen MR) is 113 cm³/mol. The molecular weight excluding hydrogens is 438 g/mol. The van der Waals surface area contributed by atoms with E-state index in [1.54, 1.807) is 18.2 Å². The number of benzene rings is 3. The molecule has 0 aliphatic rings. The van der Waals surface area contributed by atoms with E-state index in [4.69, 9.17) is 4.18 Å². The summed E-state index contributed by atoms with van der Waals surface area (Å²) in [5.41, 5.74) is 1.44. The summed E-state index contributed by atoms with van der Waals surface area (Å²) in [5, 5.41) is 8.09. The molecule has 0 fully saturated rings. The number of hydrogen-bond donors (Lipinski definition) is 0. The molecule has 5 aromatic rings. The Bertz CT molecular complexity index is 1600. The summed E-state index contributed by atoms with van der Waals surface area (Å²) in [6.07, 6.45) is 0. The van der Waals surface area contributed by atoms with Crippen molar-refractivity contribution in [3.05, 3.63) is 83.9 Å². The molecule has 10 heteroatoms. The lowest BCUT2D eigenvalue weighted by molar-refractivity contribution is 0.479. The monoisotopic (exact) mass is 452 g/mol. The number of halogens is 2. The molecule has 0 aliphatic heterocycles. The molecule has 0 unspecified atom stereocenters. The predicted octanol–water partition coefficient (Wildman–Crippen LogP) is 4.30. The minimum absolute atomic E-state index is 0.0586. The molecule has 2 aromatic heterocycles. The van der Waals surface area contributed by atoms with E-state index in [0.717, 1.165) is 11.6 Å². The van der Waals surface area contributed by atoms with E-state index in [0.29, 0.717) is 5.52 Å². The Morgan fingerprint density at radius 1 is 0.969 bits per heavy atom. The van der Waals surface area contributed by atoms with Crippen molar-refractivity contribution in [2.24, 2.45) is 0 Å². The summed E-state index contributed by atoms with van der Waals surface area (Å²) in [6.45, 7) is 1.82. The van der Waals surface area contributed by atoms with Gasteiger partial charge in [0.1, 0.15) is 22.2 Å². The second kappa shape index (κ2) is 7.34. The zero-order valence-electron chi connectivity index (χ0n) is 16.5. The summed E-state index contributed by atoms with van der Waals surface area (Å²) in [6, 6.07) is 15.6. The molecule has 0 amide bonds. The van der Waals surface area contributed by atoms with Gasteiger partial charge in [0.05, 0.1) is 10.9 Å². The quantitative estimate of drug-likeness (QED) is 0.378. The average Bonchev–Trinajstić information content (AvgIpc) is 3.18. The Labute approximate surface area is 181 Å². The van der Waals surface area contributed by atoms with Gasteiger partial charge in [-0.3, -0.25) is 0 Å². The van der Waals surface area contributed by atoms with Gasteiger partial charge in [0.15, 0.2) is 5.65 Å². The fraction of sp³-hybridized carbons (Fsp3) is 0.0455. The minimum Gasteiger partial charge on any atom is -0.357 e.